The second-order valence-corrected chi connectivity index (χ2v) is 8.07. The molecule has 0 saturated heterocycles. The van der Waals surface area contributed by atoms with Gasteiger partial charge >= 0.3 is 5.69 Å². The molecule has 0 aliphatic rings. The SMILES string of the molecule is Cc1ccc(-n2nc(C(=O)NCc3ccccc3)c(=O)n(Cc3cccc(F)c3)c2=O)cc1Cl. The van der Waals surface area contributed by atoms with Crippen LogP contribution in [0.3, 0.4) is 0 Å². The van der Waals surface area contributed by atoms with Gasteiger partial charge in [-0.05, 0) is 47.9 Å². The largest absolute Gasteiger partial charge is 0.352 e. The number of amides is 1. The van der Waals surface area contributed by atoms with Crippen LogP contribution in [0.4, 0.5) is 4.39 Å². The van der Waals surface area contributed by atoms with Crippen LogP contribution < -0.4 is 16.6 Å². The maximum Gasteiger partial charge on any atom is 0.352 e. The van der Waals surface area contributed by atoms with Gasteiger partial charge in [0.25, 0.3) is 11.5 Å². The zero-order valence-electron chi connectivity index (χ0n) is 18.2. The van der Waals surface area contributed by atoms with Crippen LogP contribution in [0.25, 0.3) is 5.69 Å². The molecule has 1 heterocycles. The third-order valence-electron chi connectivity index (χ3n) is 5.20. The van der Waals surface area contributed by atoms with E-state index in [-0.39, 0.29) is 18.8 Å². The van der Waals surface area contributed by atoms with Crippen molar-refractivity contribution in [1.82, 2.24) is 19.7 Å². The van der Waals surface area contributed by atoms with Crippen LogP contribution in [0.15, 0.2) is 82.4 Å². The summed E-state index contributed by atoms with van der Waals surface area (Å²) in [6, 6.07) is 19.5. The third-order valence-corrected chi connectivity index (χ3v) is 5.61. The normalized spacial score (nSPS) is 10.8. The summed E-state index contributed by atoms with van der Waals surface area (Å²) in [6.45, 7) is 1.73. The van der Waals surface area contributed by atoms with E-state index in [4.69, 9.17) is 11.6 Å². The van der Waals surface area contributed by atoms with Gasteiger partial charge in [-0.25, -0.2) is 9.18 Å². The monoisotopic (exact) mass is 478 g/mol. The molecule has 34 heavy (non-hydrogen) atoms. The Hall–Kier alpha value is -4.04. The Bertz CT molecular complexity index is 1480. The van der Waals surface area contributed by atoms with E-state index in [1.165, 1.54) is 24.3 Å². The molecule has 3 aromatic carbocycles. The first-order chi connectivity index (χ1) is 16.3. The fourth-order valence-corrected chi connectivity index (χ4v) is 3.53. The minimum Gasteiger partial charge on any atom is -0.346 e. The molecule has 9 heteroatoms. The van der Waals surface area contributed by atoms with Crippen LogP contribution in [-0.2, 0) is 13.1 Å². The lowest BCUT2D eigenvalue weighted by Crippen LogP contribution is -2.46. The van der Waals surface area contributed by atoms with Gasteiger partial charge in [-0.2, -0.15) is 9.78 Å². The van der Waals surface area contributed by atoms with Crippen LogP contribution in [0.2, 0.25) is 5.02 Å². The van der Waals surface area contributed by atoms with Gasteiger partial charge < -0.3 is 5.32 Å². The number of hydrogen-bond donors (Lipinski definition) is 1. The van der Waals surface area contributed by atoms with Gasteiger partial charge in [0.1, 0.15) is 5.82 Å². The number of carbonyl (C=O) groups is 1. The van der Waals surface area contributed by atoms with Crippen LogP contribution in [-0.4, -0.2) is 20.3 Å². The summed E-state index contributed by atoms with van der Waals surface area (Å²) < 4.78 is 15.5. The van der Waals surface area contributed by atoms with Crippen molar-refractivity contribution in [3.63, 3.8) is 0 Å². The van der Waals surface area contributed by atoms with Crippen molar-refractivity contribution in [3.8, 4) is 5.69 Å². The number of carbonyl (C=O) groups excluding carboxylic acids is 1. The molecule has 0 atom stereocenters. The molecule has 1 N–H and O–H groups in total. The summed E-state index contributed by atoms with van der Waals surface area (Å²) in [5.74, 6) is -1.25. The van der Waals surface area contributed by atoms with E-state index >= 15 is 0 Å². The summed E-state index contributed by atoms with van der Waals surface area (Å²) >= 11 is 6.22. The number of aryl methyl sites for hydroxylation is 1. The minimum absolute atomic E-state index is 0.167. The Balaban J connectivity index is 1.81. The topological polar surface area (TPSA) is 86.0 Å². The molecule has 172 valence electrons. The fourth-order valence-electron chi connectivity index (χ4n) is 3.36. The van der Waals surface area contributed by atoms with Crippen LogP contribution >= 0.6 is 11.6 Å². The first-order valence-electron chi connectivity index (χ1n) is 10.4. The third kappa shape index (κ3) is 4.97. The van der Waals surface area contributed by atoms with Crippen molar-refractivity contribution in [2.24, 2.45) is 0 Å². The zero-order chi connectivity index (χ0) is 24.2. The van der Waals surface area contributed by atoms with E-state index in [1.54, 1.807) is 25.1 Å². The van der Waals surface area contributed by atoms with Crippen molar-refractivity contribution in [2.45, 2.75) is 20.0 Å². The summed E-state index contributed by atoms with van der Waals surface area (Å²) in [6.07, 6.45) is 0. The molecule has 0 bridgehead atoms. The van der Waals surface area contributed by atoms with Gasteiger partial charge in [-0.1, -0.05) is 60.1 Å². The molecule has 4 aromatic rings. The van der Waals surface area contributed by atoms with Crippen molar-refractivity contribution in [1.29, 1.82) is 0 Å². The Morgan fingerprint density at radius 1 is 1.00 bits per heavy atom. The lowest BCUT2D eigenvalue weighted by Gasteiger charge is -2.13. The van der Waals surface area contributed by atoms with Gasteiger partial charge in [0.2, 0.25) is 5.69 Å². The highest BCUT2D eigenvalue weighted by Gasteiger charge is 2.21. The van der Waals surface area contributed by atoms with E-state index in [1.807, 2.05) is 30.3 Å². The quantitative estimate of drug-likeness (QED) is 0.460. The first-order valence-corrected chi connectivity index (χ1v) is 10.8. The molecule has 0 radical (unpaired) electrons. The fraction of sp³-hybridized carbons (Fsp3) is 0.120. The molecular weight excluding hydrogens is 459 g/mol. The maximum atomic E-state index is 13.7. The number of benzene rings is 3. The predicted molar refractivity (Wildman–Crippen MR) is 127 cm³/mol. The van der Waals surface area contributed by atoms with Crippen molar-refractivity contribution >= 4 is 17.5 Å². The van der Waals surface area contributed by atoms with Crippen molar-refractivity contribution in [2.75, 3.05) is 0 Å². The summed E-state index contributed by atoms with van der Waals surface area (Å²) in [5.41, 5.74) is 0.147. The molecule has 0 saturated carbocycles. The summed E-state index contributed by atoms with van der Waals surface area (Å²) in [5, 5.41) is 7.12. The second kappa shape index (κ2) is 9.84. The van der Waals surface area contributed by atoms with E-state index in [0.29, 0.717) is 10.6 Å². The second-order valence-electron chi connectivity index (χ2n) is 7.67. The molecule has 4 rings (SSSR count). The number of nitrogens with zero attached hydrogens (tertiary/aromatic N) is 3. The molecule has 0 unspecified atom stereocenters. The van der Waals surface area contributed by atoms with Gasteiger partial charge in [0.15, 0.2) is 0 Å². The molecule has 1 aromatic heterocycles. The highest BCUT2D eigenvalue weighted by Crippen LogP contribution is 2.18. The van der Waals surface area contributed by atoms with Gasteiger partial charge in [-0.3, -0.25) is 14.2 Å². The number of nitrogens with one attached hydrogen (secondary N) is 1. The zero-order valence-corrected chi connectivity index (χ0v) is 18.9. The number of aromatic nitrogens is 3. The Morgan fingerprint density at radius 2 is 1.74 bits per heavy atom. The van der Waals surface area contributed by atoms with Crippen LogP contribution in [0.5, 0.6) is 0 Å². The molecule has 0 spiro atoms. The predicted octanol–water partition coefficient (Wildman–Crippen LogP) is 3.47. The molecule has 0 fully saturated rings. The van der Waals surface area contributed by atoms with E-state index in [9.17, 15) is 18.8 Å². The van der Waals surface area contributed by atoms with Gasteiger partial charge in [0, 0.05) is 11.6 Å². The molecule has 7 nitrogen and oxygen atoms in total. The summed E-state index contributed by atoms with van der Waals surface area (Å²) in [4.78, 5) is 39.3. The number of rotatable bonds is 6. The van der Waals surface area contributed by atoms with E-state index < -0.39 is 28.7 Å². The van der Waals surface area contributed by atoms with E-state index in [0.717, 1.165) is 20.4 Å². The lowest BCUT2D eigenvalue weighted by molar-refractivity contribution is 0.0941. The smallest absolute Gasteiger partial charge is 0.346 e. The average Bonchev–Trinajstić information content (AvgIpc) is 2.83. The van der Waals surface area contributed by atoms with Crippen molar-refractivity contribution < 1.29 is 9.18 Å². The van der Waals surface area contributed by atoms with Gasteiger partial charge in [-0.15, -0.1) is 0 Å². The van der Waals surface area contributed by atoms with Gasteiger partial charge in [0.05, 0.1) is 12.2 Å². The Morgan fingerprint density at radius 3 is 2.44 bits per heavy atom. The maximum absolute atomic E-state index is 13.7. The highest BCUT2D eigenvalue weighted by molar-refractivity contribution is 6.31. The van der Waals surface area contributed by atoms with E-state index in [2.05, 4.69) is 10.4 Å². The standard InChI is InChI=1S/C25H20ClFN4O3/c1-16-10-11-20(13-21(16)26)31-25(34)30(15-18-8-5-9-19(27)12-18)24(33)22(29-31)23(32)28-14-17-6-3-2-4-7-17/h2-13H,14-15H2,1H3,(H,28,32). The molecule has 0 aliphatic heterocycles. The Labute approximate surface area is 199 Å². The highest BCUT2D eigenvalue weighted by atomic mass is 35.5. The van der Waals surface area contributed by atoms with Crippen LogP contribution in [0.1, 0.15) is 27.2 Å². The van der Waals surface area contributed by atoms with Crippen molar-refractivity contribution in [3.05, 3.63) is 127 Å². The molecule has 0 aliphatic carbocycles. The lowest BCUT2D eigenvalue weighted by atomic mass is 10.2. The molecule has 1 amide bonds. The number of halogens is 2. The number of hydrogen-bond acceptors (Lipinski definition) is 4. The summed E-state index contributed by atoms with van der Waals surface area (Å²) in [7, 11) is 0. The average molecular weight is 479 g/mol. The minimum atomic E-state index is -0.880. The Kier molecular flexibility index (Phi) is 6.70. The van der Waals surface area contributed by atoms with Crippen LogP contribution in [0, 0.1) is 12.7 Å². The molecular formula is C25H20ClFN4O3. The first kappa shape index (κ1) is 23.1.